The Morgan fingerprint density at radius 1 is 0.833 bits per heavy atom. The lowest BCUT2D eigenvalue weighted by Gasteiger charge is -2.32. The van der Waals surface area contributed by atoms with E-state index in [-0.39, 0.29) is 44.6 Å². The first kappa shape index (κ1) is 28.1. The van der Waals surface area contributed by atoms with Crippen LogP contribution >= 0.6 is 0 Å². The highest BCUT2D eigenvalue weighted by Crippen LogP contribution is 2.36. The summed E-state index contributed by atoms with van der Waals surface area (Å²) in [5, 5.41) is 2.37. The number of amides is 2. The minimum atomic E-state index is -5.07. The van der Waals surface area contributed by atoms with E-state index in [1.807, 2.05) is 0 Å². The maximum Gasteiger partial charge on any atom is 0.416 e. The van der Waals surface area contributed by atoms with Crippen molar-refractivity contribution in [3.63, 3.8) is 0 Å². The zero-order valence-corrected chi connectivity index (χ0v) is 18.9. The maximum atomic E-state index is 13.0. The Morgan fingerprint density at radius 3 is 1.86 bits per heavy atom. The second kappa shape index (κ2) is 10.5. The molecule has 2 saturated heterocycles. The van der Waals surface area contributed by atoms with E-state index in [2.05, 4.69) is 5.32 Å². The monoisotopic (exact) mass is 533 g/mol. The lowest BCUT2D eigenvalue weighted by molar-refractivity contribution is -0.171. The van der Waals surface area contributed by atoms with Crippen LogP contribution in [0.4, 0.5) is 39.5 Å². The fraction of sp³-hybridized carbons (Fsp3) is 0.636. The van der Waals surface area contributed by atoms with Crippen LogP contribution in [-0.4, -0.2) is 67.1 Å². The van der Waals surface area contributed by atoms with E-state index in [1.54, 1.807) is 4.90 Å². The Morgan fingerprint density at radius 2 is 1.39 bits per heavy atom. The largest absolute Gasteiger partial charge is 0.416 e. The molecular formula is C22H24F9N3O2. The number of hydrogen-bond donors (Lipinski definition) is 1. The molecule has 3 rings (SSSR count). The number of alkyl halides is 9. The fourth-order valence-corrected chi connectivity index (χ4v) is 4.32. The number of carbonyl (C=O) groups is 2. The van der Waals surface area contributed by atoms with Gasteiger partial charge in [-0.15, -0.1) is 0 Å². The van der Waals surface area contributed by atoms with Gasteiger partial charge in [-0.2, -0.15) is 39.5 Å². The summed E-state index contributed by atoms with van der Waals surface area (Å²) in [5.41, 5.74) is -3.93. The van der Waals surface area contributed by atoms with Gasteiger partial charge in [0.2, 0.25) is 5.91 Å². The minimum Gasteiger partial charge on any atom is -0.352 e. The molecule has 2 fully saturated rings. The standard InChI is InChI=1S/C22H24F9N3O2/c23-20(24,25)15-3-6-34(11-15)18(35)12-33-4-1-13(2-5-33)10-32-19(36)14-7-16(21(26,27)28)9-17(8-14)22(29,30)31/h7-9,13,15H,1-6,10-12H2,(H,32,36)/t15-/m0/s1. The highest BCUT2D eigenvalue weighted by molar-refractivity contribution is 5.94. The molecule has 202 valence electrons. The van der Waals surface area contributed by atoms with Gasteiger partial charge in [-0.1, -0.05) is 0 Å². The van der Waals surface area contributed by atoms with Crippen LogP contribution in [0, 0.1) is 11.8 Å². The fourth-order valence-electron chi connectivity index (χ4n) is 4.32. The first-order valence-electron chi connectivity index (χ1n) is 11.2. The second-order valence-electron chi connectivity index (χ2n) is 9.09. The van der Waals surface area contributed by atoms with E-state index in [0.717, 1.165) is 0 Å². The summed E-state index contributed by atoms with van der Waals surface area (Å²) in [6.07, 6.45) is -13.6. The van der Waals surface area contributed by atoms with E-state index < -0.39 is 53.0 Å². The van der Waals surface area contributed by atoms with Crippen molar-refractivity contribution in [1.82, 2.24) is 15.1 Å². The highest BCUT2D eigenvalue weighted by atomic mass is 19.4. The third-order valence-electron chi connectivity index (χ3n) is 6.47. The Kier molecular flexibility index (Phi) is 8.16. The molecule has 2 aliphatic heterocycles. The normalized spacial score (nSPS) is 20.6. The van der Waals surface area contributed by atoms with Crippen molar-refractivity contribution in [3.05, 3.63) is 34.9 Å². The lowest BCUT2D eigenvalue weighted by atomic mass is 9.96. The average molecular weight is 533 g/mol. The Hall–Kier alpha value is -2.51. The van der Waals surface area contributed by atoms with Crippen molar-refractivity contribution in [3.8, 4) is 0 Å². The molecule has 1 aromatic rings. The maximum absolute atomic E-state index is 13.0. The number of carbonyl (C=O) groups excluding carboxylic acids is 2. The Labute approximate surface area is 200 Å². The van der Waals surface area contributed by atoms with Crippen molar-refractivity contribution in [2.45, 2.75) is 37.8 Å². The van der Waals surface area contributed by atoms with Gasteiger partial charge in [0.1, 0.15) is 0 Å². The second-order valence-corrected chi connectivity index (χ2v) is 9.09. The van der Waals surface area contributed by atoms with Gasteiger partial charge >= 0.3 is 18.5 Å². The summed E-state index contributed by atoms with van der Waals surface area (Å²) < 4.78 is 116. The predicted octanol–water partition coefficient (Wildman–Crippen LogP) is 4.58. The van der Waals surface area contributed by atoms with Crippen LogP contribution in [-0.2, 0) is 17.1 Å². The molecular weight excluding hydrogens is 509 g/mol. The van der Waals surface area contributed by atoms with Gasteiger partial charge in [-0.3, -0.25) is 14.5 Å². The lowest BCUT2D eigenvalue weighted by Crippen LogP contribution is -2.44. The Bertz CT molecular complexity index is 919. The van der Waals surface area contributed by atoms with Crippen LogP contribution in [0.15, 0.2) is 18.2 Å². The first-order chi connectivity index (χ1) is 16.5. The first-order valence-corrected chi connectivity index (χ1v) is 11.2. The smallest absolute Gasteiger partial charge is 0.352 e. The molecule has 0 aliphatic carbocycles. The zero-order valence-electron chi connectivity index (χ0n) is 18.9. The van der Waals surface area contributed by atoms with Gasteiger partial charge in [-0.25, -0.2) is 0 Å². The van der Waals surface area contributed by atoms with E-state index in [9.17, 15) is 49.1 Å². The summed E-state index contributed by atoms with van der Waals surface area (Å²) in [6, 6.07) is 0.667. The minimum absolute atomic E-state index is 0.0115. The van der Waals surface area contributed by atoms with Crippen molar-refractivity contribution >= 4 is 11.8 Å². The highest BCUT2D eigenvalue weighted by Gasteiger charge is 2.44. The van der Waals surface area contributed by atoms with Crippen molar-refractivity contribution < 1.29 is 49.1 Å². The third kappa shape index (κ3) is 7.26. The van der Waals surface area contributed by atoms with Gasteiger partial charge in [-0.05, 0) is 56.5 Å². The molecule has 1 N–H and O–H groups in total. The van der Waals surface area contributed by atoms with E-state index in [0.29, 0.717) is 38.1 Å². The molecule has 0 radical (unpaired) electrons. The van der Waals surface area contributed by atoms with Crippen LogP contribution in [0.2, 0.25) is 0 Å². The molecule has 0 aromatic heterocycles. The average Bonchev–Trinajstić information content (AvgIpc) is 3.28. The zero-order chi connectivity index (χ0) is 26.9. The molecule has 36 heavy (non-hydrogen) atoms. The van der Waals surface area contributed by atoms with E-state index in [1.165, 1.54) is 4.90 Å². The number of nitrogens with zero attached hydrogens (tertiary/aromatic N) is 2. The number of halogens is 9. The molecule has 5 nitrogen and oxygen atoms in total. The molecule has 0 spiro atoms. The van der Waals surface area contributed by atoms with Gasteiger partial charge < -0.3 is 10.2 Å². The molecule has 2 aliphatic rings. The molecule has 0 unspecified atom stereocenters. The molecule has 0 saturated carbocycles. The van der Waals surface area contributed by atoms with Crippen LogP contribution in [0.3, 0.4) is 0 Å². The summed E-state index contributed by atoms with van der Waals surface area (Å²) in [4.78, 5) is 27.6. The van der Waals surface area contributed by atoms with E-state index in [4.69, 9.17) is 0 Å². The van der Waals surface area contributed by atoms with Gasteiger partial charge in [0.25, 0.3) is 5.91 Å². The van der Waals surface area contributed by atoms with Crippen LogP contribution < -0.4 is 5.32 Å². The molecule has 1 atom stereocenters. The van der Waals surface area contributed by atoms with Crippen molar-refractivity contribution in [2.24, 2.45) is 11.8 Å². The molecule has 0 bridgehead atoms. The summed E-state index contributed by atoms with van der Waals surface area (Å²) in [7, 11) is 0. The van der Waals surface area contributed by atoms with Crippen molar-refractivity contribution in [1.29, 1.82) is 0 Å². The van der Waals surface area contributed by atoms with Gasteiger partial charge in [0.15, 0.2) is 0 Å². The topological polar surface area (TPSA) is 52.7 Å². The molecule has 2 amide bonds. The molecule has 14 heteroatoms. The third-order valence-corrected chi connectivity index (χ3v) is 6.47. The predicted molar refractivity (Wildman–Crippen MR) is 109 cm³/mol. The van der Waals surface area contributed by atoms with Crippen LogP contribution in [0.1, 0.15) is 40.7 Å². The van der Waals surface area contributed by atoms with E-state index >= 15 is 0 Å². The van der Waals surface area contributed by atoms with Gasteiger partial charge in [0, 0.05) is 25.2 Å². The number of rotatable bonds is 5. The Balaban J connectivity index is 1.49. The van der Waals surface area contributed by atoms with Crippen molar-refractivity contribution in [2.75, 3.05) is 39.3 Å². The summed E-state index contributed by atoms with van der Waals surface area (Å²) >= 11 is 0. The van der Waals surface area contributed by atoms with Crippen LogP contribution in [0.25, 0.3) is 0 Å². The quantitative estimate of drug-likeness (QED) is 0.565. The summed E-state index contributed by atoms with van der Waals surface area (Å²) in [6.45, 7) is 0.453. The van der Waals surface area contributed by atoms with Crippen LogP contribution in [0.5, 0.6) is 0 Å². The SMILES string of the molecule is O=C(NCC1CCN(CC(=O)N2CC[C@H](C(F)(F)F)C2)CC1)c1cc(C(F)(F)F)cc(C(F)(F)F)c1. The van der Waals surface area contributed by atoms with Gasteiger partial charge in [0.05, 0.1) is 23.6 Å². The number of nitrogens with one attached hydrogen (secondary N) is 1. The number of likely N-dealkylation sites (tertiary alicyclic amines) is 2. The molecule has 1 aromatic carbocycles. The number of hydrogen-bond acceptors (Lipinski definition) is 3. The molecule has 2 heterocycles. The summed E-state index contributed by atoms with van der Waals surface area (Å²) in [5.74, 6) is -3.13. The number of piperidine rings is 1. The number of benzene rings is 1.